The molecule has 1 saturated heterocycles. The molecule has 6 heteroatoms. The molecule has 136 valence electrons. The summed E-state index contributed by atoms with van der Waals surface area (Å²) >= 11 is 3.27. The molecule has 1 aliphatic heterocycles. The van der Waals surface area contributed by atoms with Crippen LogP contribution in [0, 0.1) is 0 Å². The molecule has 2 aromatic rings. The van der Waals surface area contributed by atoms with Gasteiger partial charge in [-0.2, -0.15) is 0 Å². The fourth-order valence-corrected chi connectivity index (χ4v) is 3.23. The quantitative estimate of drug-likeness (QED) is 0.590. The highest BCUT2D eigenvalue weighted by molar-refractivity contribution is 9.10. The summed E-state index contributed by atoms with van der Waals surface area (Å²) in [4.78, 5) is 14.6. The highest BCUT2D eigenvalue weighted by Crippen LogP contribution is 2.35. The monoisotopic (exact) mass is 417 g/mol. The van der Waals surface area contributed by atoms with Gasteiger partial charge in [0.1, 0.15) is 0 Å². The smallest absolute Gasteiger partial charge is 0.185 e. The van der Waals surface area contributed by atoms with Crippen LogP contribution in [0.4, 0.5) is 5.69 Å². The van der Waals surface area contributed by atoms with Crippen molar-refractivity contribution in [2.24, 2.45) is 0 Å². The third kappa shape index (κ3) is 4.26. The van der Waals surface area contributed by atoms with E-state index < -0.39 is 0 Å². The Bertz CT molecular complexity index is 811. The number of carbonyl (C=O) groups is 1. The number of ether oxygens (including phenoxy) is 2. The highest BCUT2D eigenvalue weighted by atomic mass is 79.9. The number of ketones is 1. The van der Waals surface area contributed by atoms with Crippen LogP contribution in [0.3, 0.4) is 0 Å². The number of morpholine rings is 1. The zero-order valence-corrected chi connectivity index (χ0v) is 16.0. The van der Waals surface area contributed by atoms with Crippen molar-refractivity contribution in [3.8, 4) is 11.5 Å². The first kappa shape index (κ1) is 18.5. The zero-order valence-electron chi connectivity index (χ0n) is 14.4. The van der Waals surface area contributed by atoms with E-state index in [1.165, 1.54) is 13.2 Å². The Morgan fingerprint density at radius 1 is 1.23 bits per heavy atom. The summed E-state index contributed by atoms with van der Waals surface area (Å²) in [6, 6.07) is 11.0. The van der Waals surface area contributed by atoms with Gasteiger partial charge in [-0.25, -0.2) is 0 Å². The summed E-state index contributed by atoms with van der Waals surface area (Å²) in [5.41, 5.74) is 2.48. The third-order valence-corrected chi connectivity index (χ3v) is 4.83. The molecule has 0 aromatic heterocycles. The summed E-state index contributed by atoms with van der Waals surface area (Å²) in [7, 11) is 1.48. The first-order valence-electron chi connectivity index (χ1n) is 8.30. The van der Waals surface area contributed by atoms with Crippen molar-refractivity contribution in [2.75, 3.05) is 38.3 Å². The van der Waals surface area contributed by atoms with Gasteiger partial charge in [0.05, 0.1) is 24.8 Å². The third-order valence-electron chi connectivity index (χ3n) is 4.23. The number of halogens is 1. The van der Waals surface area contributed by atoms with Crippen LogP contribution in [0.2, 0.25) is 0 Å². The average molecular weight is 418 g/mol. The number of carbonyl (C=O) groups excluding carboxylic acids is 1. The molecule has 1 fully saturated rings. The van der Waals surface area contributed by atoms with E-state index in [2.05, 4.69) is 20.8 Å². The number of phenolic OH excluding ortho intramolecular Hbond substituents is 1. The van der Waals surface area contributed by atoms with Crippen molar-refractivity contribution < 1.29 is 19.4 Å². The highest BCUT2D eigenvalue weighted by Gasteiger charge is 2.12. The number of rotatable bonds is 5. The van der Waals surface area contributed by atoms with E-state index in [0.717, 1.165) is 37.6 Å². The maximum absolute atomic E-state index is 12.4. The van der Waals surface area contributed by atoms with Gasteiger partial charge in [0.15, 0.2) is 17.3 Å². The standard InChI is InChI=1S/C20H20BrNO4/c1-25-19-13-14(12-17(21)20(19)24)2-7-18(23)15-3-5-16(6-4-15)22-8-10-26-11-9-22/h2-7,12-13,24H,8-11H2,1H3. The van der Waals surface area contributed by atoms with Crippen molar-refractivity contribution in [1.29, 1.82) is 0 Å². The van der Waals surface area contributed by atoms with Gasteiger partial charge in [0.2, 0.25) is 0 Å². The SMILES string of the molecule is COc1cc(C=CC(=O)c2ccc(N3CCOCC3)cc2)cc(Br)c1O. The first-order valence-corrected chi connectivity index (χ1v) is 9.09. The second-order valence-corrected chi connectivity index (χ2v) is 6.75. The predicted molar refractivity (Wildman–Crippen MR) is 105 cm³/mol. The molecule has 5 nitrogen and oxygen atoms in total. The zero-order chi connectivity index (χ0) is 18.5. The number of methoxy groups -OCH3 is 1. The number of allylic oxidation sites excluding steroid dienone is 1. The number of hydrogen-bond acceptors (Lipinski definition) is 5. The lowest BCUT2D eigenvalue weighted by Crippen LogP contribution is -2.36. The Hall–Kier alpha value is -2.31. The summed E-state index contributed by atoms with van der Waals surface area (Å²) < 4.78 is 11.0. The Morgan fingerprint density at radius 2 is 1.92 bits per heavy atom. The maximum Gasteiger partial charge on any atom is 0.185 e. The average Bonchev–Trinajstić information content (AvgIpc) is 2.69. The molecule has 1 aliphatic rings. The van der Waals surface area contributed by atoms with E-state index in [4.69, 9.17) is 9.47 Å². The van der Waals surface area contributed by atoms with E-state index in [1.807, 2.05) is 24.3 Å². The molecule has 1 N–H and O–H groups in total. The maximum atomic E-state index is 12.4. The molecule has 1 heterocycles. The number of aromatic hydroxyl groups is 1. The number of phenols is 1. The van der Waals surface area contributed by atoms with Crippen molar-refractivity contribution in [3.63, 3.8) is 0 Å². The molecule has 0 unspecified atom stereocenters. The molecule has 0 aliphatic carbocycles. The predicted octanol–water partition coefficient (Wildman–Crippen LogP) is 3.90. The molecule has 0 atom stereocenters. The molecule has 0 amide bonds. The van der Waals surface area contributed by atoms with Gasteiger partial charge < -0.3 is 19.5 Å². The van der Waals surface area contributed by atoms with Crippen LogP contribution in [-0.2, 0) is 4.74 Å². The van der Waals surface area contributed by atoms with Gasteiger partial charge in [-0.15, -0.1) is 0 Å². The lowest BCUT2D eigenvalue weighted by Gasteiger charge is -2.28. The fraction of sp³-hybridized carbons (Fsp3) is 0.250. The Morgan fingerprint density at radius 3 is 2.58 bits per heavy atom. The minimum atomic E-state index is -0.0818. The van der Waals surface area contributed by atoms with Crippen molar-refractivity contribution in [2.45, 2.75) is 0 Å². The summed E-state index contributed by atoms with van der Waals surface area (Å²) in [5, 5.41) is 9.84. The summed E-state index contributed by atoms with van der Waals surface area (Å²) in [6.07, 6.45) is 3.22. The topological polar surface area (TPSA) is 59.0 Å². The van der Waals surface area contributed by atoms with Crippen molar-refractivity contribution in [3.05, 3.63) is 58.1 Å². The second-order valence-electron chi connectivity index (χ2n) is 5.90. The number of hydrogen-bond donors (Lipinski definition) is 1. The number of anilines is 1. The molecular weight excluding hydrogens is 398 g/mol. The molecular formula is C20H20BrNO4. The lowest BCUT2D eigenvalue weighted by atomic mass is 10.1. The molecule has 0 saturated carbocycles. The van der Waals surface area contributed by atoms with Crippen LogP contribution >= 0.6 is 15.9 Å². The van der Waals surface area contributed by atoms with Gasteiger partial charge in [-0.3, -0.25) is 4.79 Å². The minimum absolute atomic E-state index is 0.0367. The van der Waals surface area contributed by atoms with Crippen LogP contribution in [0.1, 0.15) is 15.9 Å². The first-order chi connectivity index (χ1) is 12.6. The summed E-state index contributed by atoms with van der Waals surface area (Å²) in [6.45, 7) is 3.19. The van der Waals surface area contributed by atoms with Crippen LogP contribution in [0.15, 0.2) is 46.9 Å². The van der Waals surface area contributed by atoms with Gasteiger partial charge in [-0.1, -0.05) is 6.08 Å². The van der Waals surface area contributed by atoms with E-state index in [0.29, 0.717) is 15.8 Å². The van der Waals surface area contributed by atoms with Crippen LogP contribution in [0.5, 0.6) is 11.5 Å². The molecule has 3 rings (SSSR count). The molecule has 2 aromatic carbocycles. The van der Waals surface area contributed by atoms with E-state index in [1.54, 1.807) is 18.2 Å². The fourth-order valence-electron chi connectivity index (χ4n) is 2.77. The second kappa shape index (κ2) is 8.38. The minimum Gasteiger partial charge on any atom is -0.503 e. The van der Waals surface area contributed by atoms with Gasteiger partial charge in [-0.05, 0) is 64.0 Å². The Balaban J connectivity index is 1.71. The van der Waals surface area contributed by atoms with Gasteiger partial charge in [0, 0.05) is 24.3 Å². The molecule has 26 heavy (non-hydrogen) atoms. The van der Waals surface area contributed by atoms with E-state index >= 15 is 0 Å². The van der Waals surface area contributed by atoms with Gasteiger partial charge >= 0.3 is 0 Å². The number of nitrogens with zero attached hydrogens (tertiary/aromatic N) is 1. The lowest BCUT2D eigenvalue weighted by molar-refractivity contribution is 0.104. The normalized spacial score (nSPS) is 14.6. The van der Waals surface area contributed by atoms with E-state index in [9.17, 15) is 9.90 Å². The largest absolute Gasteiger partial charge is 0.503 e. The Kier molecular flexibility index (Phi) is 5.96. The number of benzene rings is 2. The Labute approximate surface area is 161 Å². The van der Waals surface area contributed by atoms with E-state index in [-0.39, 0.29) is 11.5 Å². The molecule has 0 bridgehead atoms. The summed E-state index contributed by atoms with van der Waals surface area (Å²) in [5.74, 6) is 0.303. The van der Waals surface area contributed by atoms with Crippen LogP contribution < -0.4 is 9.64 Å². The molecule has 0 spiro atoms. The molecule has 0 radical (unpaired) electrons. The van der Waals surface area contributed by atoms with Crippen molar-refractivity contribution >= 4 is 33.5 Å². The van der Waals surface area contributed by atoms with Crippen molar-refractivity contribution in [1.82, 2.24) is 0 Å². The van der Waals surface area contributed by atoms with Crippen LogP contribution in [0.25, 0.3) is 6.08 Å². The van der Waals surface area contributed by atoms with Gasteiger partial charge in [0.25, 0.3) is 0 Å². The van der Waals surface area contributed by atoms with Crippen LogP contribution in [-0.4, -0.2) is 44.3 Å².